The van der Waals surface area contributed by atoms with Crippen LogP contribution in [0, 0.1) is 0 Å². The highest BCUT2D eigenvalue weighted by Gasteiger charge is 2.30. The molecule has 0 amide bonds. The standard InChI is InChI=1S/C82H160O17P2/c1-5-9-13-17-21-25-29-31-33-35-37-39-41-43-45-49-53-57-61-65-69-82(87)99-78(73-93-80(85)67-63-59-55-51-48-44-42-40-38-36-34-32-30-26-22-18-14-10-6-2)75-97-101(90,91)95-71-76(83)70-94-100(88,89)96-74-77(98-81(86)68-64-60-56-52-47-28-24-20-16-12-8-4)72-92-79(84)66-62-58-54-50-46-27-23-19-15-11-7-3/h76-78,83H,5-75H2,1-4H3,(H,88,89)(H,90,91)/t76-,77+,78+/m0/s1. The van der Waals surface area contributed by atoms with E-state index in [-0.39, 0.29) is 25.7 Å². The second-order valence-corrected chi connectivity index (χ2v) is 32.4. The number of phosphoric acid groups is 2. The number of ether oxygens (including phenoxy) is 4. The maximum absolute atomic E-state index is 13.1. The molecule has 0 saturated heterocycles. The van der Waals surface area contributed by atoms with Crippen LogP contribution in [0.1, 0.15) is 445 Å². The van der Waals surface area contributed by atoms with E-state index in [0.29, 0.717) is 25.7 Å². The predicted molar refractivity (Wildman–Crippen MR) is 414 cm³/mol. The molecule has 0 fully saturated rings. The van der Waals surface area contributed by atoms with Gasteiger partial charge >= 0.3 is 39.5 Å². The molecular weight excluding hydrogens is 1320 g/mol. The fraction of sp³-hybridized carbons (Fsp3) is 0.951. The number of hydrogen-bond acceptors (Lipinski definition) is 15. The monoisotopic (exact) mass is 1480 g/mol. The molecule has 0 aromatic rings. The highest BCUT2D eigenvalue weighted by atomic mass is 31.2. The molecule has 0 aromatic carbocycles. The summed E-state index contributed by atoms with van der Waals surface area (Å²) in [7, 11) is -9.92. The average Bonchev–Trinajstić information content (AvgIpc) is 0.986. The van der Waals surface area contributed by atoms with Gasteiger partial charge in [-0.3, -0.25) is 37.3 Å². The molecule has 17 nitrogen and oxygen atoms in total. The van der Waals surface area contributed by atoms with Gasteiger partial charge in [0.1, 0.15) is 19.3 Å². The van der Waals surface area contributed by atoms with E-state index in [1.165, 1.54) is 276 Å². The highest BCUT2D eigenvalue weighted by Crippen LogP contribution is 2.45. The van der Waals surface area contributed by atoms with E-state index in [9.17, 15) is 43.2 Å². The Morgan fingerprint density at radius 2 is 0.396 bits per heavy atom. The summed E-state index contributed by atoms with van der Waals surface area (Å²) in [6.07, 6.45) is 69.4. The van der Waals surface area contributed by atoms with Crippen LogP contribution in [-0.2, 0) is 65.4 Å². The highest BCUT2D eigenvalue weighted by molar-refractivity contribution is 7.47. The van der Waals surface area contributed by atoms with Crippen molar-refractivity contribution in [2.45, 2.75) is 463 Å². The van der Waals surface area contributed by atoms with E-state index in [4.69, 9.17) is 37.0 Å². The number of aliphatic hydroxyl groups excluding tert-OH is 1. The fourth-order valence-electron chi connectivity index (χ4n) is 12.8. The summed E-state index contributed by atoms with van der Waals surface area (Å²) < 4.78 is 68.7. The van der Waals surface area contributed by atoms with Crippen LogP contribution >= 0.6 is 15.6 Å². The first-order valence-corrected chi connectivity index (χ1v) is 45.8. The third-order valence-electron chi connectivity index (χ3n) is 19.4. The Bertz CT molecular complexity index is 1910. The summed E-state index contributed by atoms with van der Waals surface area (Å²) in [5.41, 5.74) is 0. The van der Waals surface area contributed by atoms with Crippen LogP contribution in [0.2, 0.25) is 0 Å². The maximum atomic E-state index is 13.1. The van der Waals surface area contributed by atoms with Gasteiger partial charge in [-0.1, -0.05) is 394 Å². The molecule has 0 aromatic heterocycles. The van der Waals surface area contributed by atoms with Crippen LogP contribution in [-0.4, -0.2) is 96.7 Å². The Morgan fingerprint density at radius 3 is 0.584 bits per heavy atom. The van der Waals surface area contributed by atoms with Crippen molar-refractivity contribution in [3.8, 4) is 0 Å². The fourth-order valence-corrected chi connectivity index (χ4v) is 14.4. The first-order valence-electron chi connectivity index (χ1n) is 42.8. The van der Waals surface area contributed by atoms with Gasteiger partial charge < -0.3 is 33.8 Å². The first kappa shape index (κ1) is 99.1. The summed E-state index contributed by atoms with van der Waals surface area (Å²) in [5.74, 6) is -2.10. The summed E-state index contributed by atoms with van der Waals surface area (Å²) in [4.78, 5) is 73.0. The van der Waals surface area contributed by atoms with Gasteiger partial charge in [0.2, 0.25) is 0 Å². The largest absolute Gasteiger partial charge is 0.472 e. The van der Waals surface area contributed by atoms with E-state index in [1.54, 1.807) is 0 Å². The third kappa shape index (κ3) is 76.1. The molecule has 0 aliphatic carbocycles. The quantitative estimate of drug-likeness (QED) is 0.0222. The van der Waals surface area contributed by atoms with E-state index < -0.39 is 97.5 Å². The normalized spacial score (nSPS) is 13.8. The van der Waals surface area contributed by atoms with Crippen LogP contribution in [0.15, 0.2) is 0 Å². The minimum Gasteiger partial charge on any atom is -0.462 e. The van der Waals surface area contributed by atoms with Crippen molar-refractivity contribution in [1.82, 2.24) is 0 Å². The molecule has 5 atom stereocenters. The second-order valence-electron chi connectivity index (χ2n) is 29.5. The Morgan fingerprint density at radius 1 is 0.238 bits per heavy atom. The van der Waals surface area contributed by atoms with E-state index in [1.807, 2.05) is 0 Å². The van der Waals surface area contributed by atoms with Gasteiger partial charge in [-0.05, 0) is 25.7 Å². The Kier molecular flexibility index (Phi) is 74.8. The summed E-state index contributed by atoms with van der Waals surface area (Å²) in [6.45, 7) is 5.02. The summed E-state index contributed by atoms with van der Waals surface area (Å²) >= 11 is 0. The van der Waals surface area contributed by atoms with Crippen molar-refractivity contribution in [1.29, 1.82) is 0 Å². The summed E-state index contributed by atoms with van der Waals surface area (Å²) in [6, 6.07) is 0. The molecule has 0 aliphatic rings. The van der Waals surface area contributed by atoms with Crippen molar-refractivity contribution in [3.63, 3.8) is 0 Å². The number of unbranched alkanes of at least 4 members (excludes halogenated alkanes) is 57. The van der Waals surface area contributed by atoms with Gasteiger partial charge in [0.15, 0.2) is 12.2 Å². The lowest BCUT2D eigenvalue weighted by atomic mass is 10.0. The Hall–Kier alpha value is -1.94. The lowest BCUT2D eigenvalue weighted by Crippen LogP contribution is -2.30. The van der Waals surface area contributed by atoms with Crippen LogP contribution in [0.25, 0.3) is 0 Å². The maximum Gasteiger partial charge on any atom is 0.472 e. The lowest BCUT2D eigenvalue weighted by Gasteiger charge is -2.21. The molecular formula is C82H160O17P2. The minimum atomic E-state index is -4.96. The average molecular weight is 1480 g/mol. The zero-order valence-electron chi connectivity index (χ0n) is 65.9. The molecule has 0 heterocycles. The van der Waals surface area contributed by atoms with Gasteiger partial charge in [0.25, 0.3) is 0 Å². The van der Waals surface area contributed by atoms with Crippen LogP contribution in [0.3, 0.4) is 0 Å². The van der Waals surface area contributed by atoms with Crippen LogP contribution in [0.4, 0.5) is 0 Å². The van der Waals surface area contributed by atoms with E-state index in [0.717, 1.165) is 89.9 Å². The van der Waals surface area contributed by atoms with Gasteiger partial charge in [-0.15, -0.1) is 0 Å². The summed E-state index contributed by atoms with van der Waals surface area (Å²) in [5, 5.41) is 10.6. The van der Waals surface area contributed by atoms with E-state index >= 15 is 0 Å². The van der Waals surface area contributed by atoms with Crippen LogP contribution in [0.5, 0.6) is 0 Å². The van der Waals surface area contributed by atoms with E-state index in [2.05, 4.69) is 27.7 Å². The number of carbonyl (C=O) groups is 4. The molecule has 600 valence electrons. The van der Waals surface area contributed by atoms with Gasteiger partial charge in [0.05, 0.1) is 26.4 Å². The number of hydrogen-bond donors (Lipinski definition) is 3. The number of esters is 4. The van der Waals surface area contributed by atoms with Crippen molar-refractivity contribution in [2.75, 3.05) is 39.6 Å². The van der Waals surface area contributed by atoms with Gasteiger partial charge in [-0.25, -0.2) is 9.13 Å². The van der Waals surface area contributed by atoms with Gasteiger partial charge in [-0.2, -0.15) is 0 Å². The molecule has 0 aliphatic heterocycles. The third-order valence-corrected chi connectivity index (χ3v) is 21.3. The molecule has 2 unspecified atom stereocenters. The van der Waals surface area contributed by atoms with Crippen molar-refractivity contribution >= 4 is 39.5 Å². The molecule has 0 spiro atoms. The Labute approximate surface area is 619 Å². The molecule has 3 N–H and O–H groups in total. The number of rotatable bonds is 83. The van der Waals surface area contributed by atoms with Crippen molar-refractivity contribution in [2.24, 2.45) is 0 Å². The lowest BCUT2D eigenvalue weighted by molar-refractivity contribution is -0.161. The zero-order chi connectivity index (χ0) is 73.9. The smallest absolute Gasteiger partial charge is 0.462 e. The number of aliphatic hydroxyl groups is 1. The van der Waals surface area contributed by atoms with Crippen LogP contribution < -0.4 is 0 Å². The molecule has 0 bridgehead atoms. The molecule has 0 saturated carbocycles. The molecule has 0 radical (unpaired) electrons. The van der Waals surface area contributed by atoms with Gasteiger partial charge in [0, 0.05) is 25.7 Å². The zero-order valence-corrected chi connectivity index (χ0v) is 67.7. The molecule has 19 heteroatoms. The first-order chi connectivity index (χ1) is 49.2. The predicted octanol–water partition coefficient (Wildman–Crippen LogP) is 25.0. The number of phosphoric ester groups is 2. The minimum absolute atomic E-state index is 0.108. The van der Waals surface area contributed by atoms with Crippen molar-refractivity contribution in [3.05, 3.63) is 0 Å². The SMILES string of the molecule is CCCCCCCCCCCCCCCCCCCCCCC(=O)O[C@H](COC(=O)CCCCCCCCCCCCCCCCCCCCC)COP(=O)(O)OC[C@@H](O)COP(=O)(O)OC[C@@H](COC(=O)CCCCCCCCCCCCC)OC(=O)CCCCCCCCCCCCC. The molecule has 0 rings (SSSR count). The van der Waals surface area contributed by atoms with Crippen molar-refractivity contribution < 1.29 is 80.2 Å². The second kappa shape index (κ2) is 76.3. The Balaban J connectivity index is 5.20. The molecule has 101 heavy (non-hydrogen) atoms. The number of carbonyl (C=O) groups excluding carboxylic acids is 4. The topological polar surface area (TPSA) is 237 Å².